The smallest absolute Gasteiger partial charge is 0.351 e. The minimum Gasteiger partial charge on any atom is -0.512 e. The van der Waals surface area contributed by atoms with Crippen molar-refractivity contribution in [3.63, 3.8) is 0 Å². The van der Waals surface area contributed by atoms with E-state index in [1.54, 1.807) is 0 Å². The predicted molar refractivity (Wildman–Crippen MR) is 51.4 cm³/mol. The third kappa shape index (κ3) is 2.39. The second kappa shape index (κ2) is 3.91. The molecule has 7 heteroatoms. The van der Waals surface area contributed by atoms with Gasteiger partial charge in [-0.3, -0.25) is 14.8 Å². The van der Waals surface area contributed by atoms with E-state index in [-0.39, 0.29) is 17.2 Å². The molecule has 0 amide bonds. The van der Waals surface area contributed by atoms with Crippen molar-refractivity contribution in [2.45, 2.75) is 13.8 Å². The zero-order chi connectivity index (χ0) is 11.6. The number of aliphatic hydroxyl groups is 1. The Bertz CT molecular complexity index is 505. The largest absolute Gasteiger partial charge is 0.512 e. The van der Waals surface area contributed by atoms with Crippen molar-refractivity contribution < 1.29 is 9.90 Å². The Balaban J connectivity index is 3.51. The molecule has 0 aromatic carbocycles. The van der Waals surface area contributed by atoms with Crippen molar-refractivity contribution in [3.05, 3.63) is 32.6 Å². The van der Waals surface area contributed by atoms with Crippen LogP contribution in [-0.2, 0) is 4.79 Å². The highest BCUT2D eigenvalue weighted by molar-refractivity contribution is 6.18. The summed E-state index contributed by atoms with van der Waals surface area (Å²) in [6.07, 6.45) is 0. The van der Waals surface area contributed by atoms with Gasteiger partial charge < -0.3 is 5.11 Å². The fourth-order valence-electron chi connectivity index (χ4n) is 1.10. The van der Waals surface area contributed by atoms with Gasteiger partial charge in [-0.2, -0.15) is 4.98 Å². The number of nitrogens with one attached hydrogen (secondary N) is 2. The monoisotopic (exact) mass is 211 g/mol. The van der Waals surface area contributed by atoms with Crippen molar-refractivity contribution in [2.75, 3.05) is 0 Å². The van der Waals surface area contributed by atoms with Gasteiger partial charge in [0.25, 0.3) is 0 Å². The Morgan fingerprint density at radius 2 is 1.87 bits per heavy atom. The maximum atomic E-state index is 11.1. The zero-order valence-corrected chi connectivity index (χ0v) is 8.12. The standard InChI is InChI=1S/C8H9N3O4/c1-3(12)5(4(2)13)6-9-7(14)11-8(15)10-6/h12H,1-2H3,(H2,9,10,11,14,15)/b5-3+. The van der Waals surface area contributed by atoms with Gasteiger partial charge in [0.2, 0.25) is 0 Å². The highest BCUT2D eigenvalue weighted by Crippen LogP contribution is 2.11. The lowest BCUT2D eigenvalue weighted by Gasteiger charge is -2.02. The van der Waals surface area contributed by atoms with Gasteiger partial charge in [-0.25, -0.2) is 9.59 Å². The third-order valence-corrected chi connectivity index (χ3v) is 1.62. The fraction of sp³-hybridized carbons (Fsp3) is 0.250. The number of aliphatic hydroxyl groups excluding tert-OH is 1. The molecule has 0 saturated heterocycles. The molecule has 1 rings (SSSR count). The van der Waals surface area contributed by atoms with Gasteiger partial charge in [0.1, 0.15) is 5.76 Å². The molecule has 0 unspecified atom stereocenters. The van der Waals surface area contributed by atoms with Crippen molar-refractivity contribution in [2.24, 2.45) is 0 Å². The molecule has 15 heavy (non-hydrogen) atoms. The van der Waals surface area contributed by atoms with Crippen LogP contribution in [0, 0.1) is 0 Å². The molecular formula is C8H9N3O4. The molecule has 7 nitrogen and oxygen atoms in total. The zero-order valence-electron chi connectivity index (χ0n) is 8.12. The summed E-state index contributed by atoms with van der Waals surface area (Å²) in [5.74, 6) is -1.05. The van der Waals surface area contributed by atoms with Crippen LogP contribution in [-0.4, -0.2) is 25.8 Å². The van der Waals surface area contributed by atoms with Crippen molar-refractivity contribution in [1.29, 1.82) is 0 Å². The minimum absolute atomic E-state index is 0.182. The number of H-pyrrole nitrogens is 2. The average Bonchev–Trinajstić information content (AvgIpc) is 1.99. The topological polar surface area (TPSA) is 116 Å². The summed E-state index contributed by atoms with van der Waals surface area (Å²) in [6.45, 7) is 2.45. The Labute approximate surface area is 83.5 Å². The summed E-state index contributed by atoms with van der Waals surface area (Å²) in [4.78, 5) is 40.2. The number of ketones is 1. The van der Waals surface area contributed by atoms with E-state index in [1.165, 1.54) is 13.8 Å². The van der Waals surface area contributed by atoms with Crippen LogP contribution in [0.1, 0.15) is 19.7 Å². The van der Waals surface area contributed by atoms with E-state index in [2.05, 4.69) is 9.97 Å². The summed E-state index contributed by atoms with van der Waals surface area (Å²) < 4.78 is 0. The van der Waals surface area contributed by atoms with Crippen molar-refractivity contribution >= 4 is 11.4 Å². The first-order valence-electron chi connectivity index (χ1n) is 4.03. The summed E-state index contributed by atoms with van der Waals surface area (Å²) in [5, 5.41) is 9.20. The second-order valence-corrected chi connectivity index (χ2v) is 2.86. The van der Waals surface area contributed by atoms with Crippen LogP contribution in [0.3, 0.4) is 0 Å². The SMILES string of the molecule is CC(=O)/C(=C(/C)O)c1nc(=O)[nH]c(=O)[nH]1. The summed E-state index contributed by atoms with van der Waals surface area (Å²) in [5.41, 5.74) is -1.85. The Morgan fingerprint density at radius 1 is 1.27 bits per heavy atom. The van der Waals surface area contributed by atoms with E-state index in [4.69, 9.17) is 0 Å². The lowest BCUT2D eigenvalue weighted by Crippen LogP contribution is -2.27. The van der Waals surface area contributed by atoms with Gasteiger partial charge in [0, 0.05) is 0 Å². The quantitative estimate of drug-likeness (QED) is 0.443. The van der Waals surface area contributed by atoms with E-state index in [0.29, 0.717) is 0 Å². The molecule has 0 spiro atoms. The van der Waals surface area contributed by atoms with E-state index in [1.807, 2.05) is 4.98 Å². The van der Waals surface area contributed by atoms with Crippen molar-refractivity contribution in [3.8, 4) is 0 Å². The minimum atomic E-state index is -0.881. The number of carbonyl (C=O) groups is 1. The molecule has 80 valence electrons. The van der Waals surface area contributed by atoms with E-state index in [0.717, 1.165) is 0 Å². The van der Waals surface area contributed by atoms with Gasteiger partial charge >= 0.3 is 11.4 Å². The van der Waals surface area contributed by atoms with Crippen LogP contribution in [0.5, 0.6) is 0 Å². The van der Waals surface area contributed by atoms with E-state index >= 15 is 0 Å². The number of allylic oxidation sites excluding steroid dienone is 2. The number of hydrogen-bond acceptors (Lipinski definition) is 5. The maximum Gasteiger partial charge on any atom is 0.351 e. The summed E-state index contributed by atoms with van der Waals surface area (Å²) in [7, 11) is 0. The van der Waals surface area contributed by atoms with Gasteiger partial charge in [-0.15, -0.1) is 0 Å². The second-order valence-electron chi connectivity index (χ2n) is 2.86. The lowest BCUT2D eigenvalue weighted by atomic mass is 10.1. The van der Waals surface area contributed by atoms with Gasteiger partial charge in [0.15, 0.2) is 11.6 Å². The molecular weight excluding hydrogens is 202 g/mol. The number of Topliss-reactive ketones (excluding diaryl/α,β-unsaturated/α-hetero) is 1. The number of nitrogens with zero attached hydrogens (tertiary/aromatic N) is 1. The molecule has 0 aliphatic rings. The number of aromatic nitrogens is 3. The first-order valence-corrected chi connectivity index (χ1v) is 4.03. The number of hydrogen-bond donors (Lipinski definition) is 3. The molecule has 0 saturated carbocycles. The number of carbonyl (C=O) groups excluding carboxylic acids is 1. The molecule has 0 atom stereocenters. The first kappa shape index (κ1) is 10.9. The fourth-order valence-corrected chi connectivity index (χ4v) is 1.10. The Kier molecular flexibility index (Phi) is 2.84. The van der Waals surface area contributed by atoms with E-state index < -0.39 is 17.2 Å². The highest BCUT2D eigenvalue weighted by Gasteiger charge is 2.14. The summed E-state index contributed by atoms with van der Waals surface area (Å²) >= 11 is 0. The highest BCUT2D eigenvalue weighted by atomic mass is 16.3. The normalized spacial score (nSPS) is 12.1. The third-order valence-electron chi connectivity index (χ3n) is 1.62. The van der Waals surface area contributed by atoms with Crippen LogP contribution in [0.25, 0.3) is 5.57 Å². The Hall–Kier alpha value is -2.18. The molecule has 0 bridgehead atoms. The lowest BCUT2D eigenvalue weighted by molar-refractivity contribution is -0.111. The van der Waals surface area contributed by atoms with Gasteiger partial charge in [-0.05, 0) is 13.8 Å². The van der Waals surface area contributed by atoms with Gasteiger partial charge in [-0.1, -0.05) is 0 Å². The average molecular weight is 211 g/mol. The maximum absolute atomic E-state index is 11.1. The van der Waals surface area contributed by atoms with Crippen LogP contribution < -0.4 is 11.4 Å². The molecule has 0 fully saturated rings. The molecule has 0 aliphatic carbocycles. The molecule has 1 aromatic heterocycles. The molecule has 1 heterocycles. The molecule has 3 N–H and O–H groups in total. The van der Waals surface area contributed by atoms with Gasteiger partial charge in [0.05, 0.1) is 5.57 Å². The molecule has 1 aromatic rings. The van der Waals surface area contributed by atoms with Crippen LogP contribution in [0.15, 0.2) is 15.3 Å². The van der Waals surface area contributed by atoms with Crippen LogP contribution in [0.4, 0.5) is 0 Å². The summed E-state index contributed by atoms with van der Waals surface area (Å²) in [6, 6.07) is 0. The van der Waals surface area contributed by atoms with Crippen LogP contribution in [0.2, 0.25) is 0 Å². The molecule has 0 radical (unpaired) electrons. The van der Waals surface area contributed by atoms with Crippen LogP contribution >= 0.6 is 0 Å². The number of aromatic amines is 2. The van der Waals surface area contributed by atoms with Crippen molar-refractivity contribution in [1.82, 2.24) is 15.0 Å². The first-order chi connectivity index (χ1) is 6.91. The molecule has 0 aliphatic heterocycles. The Morgan fingerprint density at radius 3 is 2.27 bits per heavy atom. The number of rotatable bonds is 2. The van der Waals surface area contributed by atoms with E-state index in [9.17, 15) is 19.5 Å². The predicted octanol–water partition coefficient (Wildman–Crippen LogP) is -0.664.